The summed E-state index contributed by atoms with van der Waals surface area (Å²) in [6, 6.07) is 0.603. The van der Waals surface area contributed by atoms with E-state index in [9.17, 15) is 0 Å². The van der Waals surface area contributed by atoms with Gasteiger partial charge in [-0.15, -0.1) is 0 Å². The molecule has 1 rings (SSSR count). The van der Waals surface area contributed by atoms with Crippen molar-refractivity contribution in [2.75, 3.05) is 39.8 Å². The van der Waals surface area contributed by atoms with Crippen LogP contribution in [0.1, 0.15) is 19.8 Å². The molecular formula is C10H23N3. The molecule has 1 unspecified atom stereocenters. The fourth-order valence-electron chi connectivity index (χ4n) is 2.01. The van der Waals surface area contributed by atoms with Gasteiger partial charge in [-0.3, -0.25) is 4.90 Å². The molecule has 0 radical (unpaired) electrons. The summed E-state index contributed by atoms with van der Waals surface area (Å²) >= 11 is 0. The first kappa shape index (κ1) is 11.0. The summed E-state index contributed by atoms with van der Waals surface area (Å²) in [5, 5.41) is 0. The zero-order valence-corrected chi connectivity index (χ0v) is 9.00. The minimum Gasteiger partial charge on any atom is -0.329 e. The third-order valence-corrected chi connectivity index (χ3v) is 3.01. The molecule has 2 N–H and O–H groups in total. The topological polar surface area (TPSA) is 32.5 Å². The van der Waals surface area contributed by atoms with Crippen LogP contribution in [0.4, 0.5) is 0 Å². The first-order valence-electron chi connectivity index (χ1n) is 5.40. The molecule has 1 heterocycles. The zero-order chi connectivity index (χ0) is 9.68. The molecule has 0 saturated carbocycles. The van der Waals surface area contributed by atoms with Crippen LogP contribution in [-0.2, 0) is 0 Å². The minimum atomic E-state index is 0.603. The van der Waals surface area contributed by atoms with Crippen LogP contribution in [0.3, 0.4) is 0 Å². The number of likely N-dealkylation sites (N-methyl/N-ethyl adjacent to an activating group) is 1. The third kappa shape index (κ3) is 3.25. The van der Waals surface area contributed by atoms with Crippen molar-refractivity contribution in [2.45, 2.75) is 25.8 Å². The van der Waals surface area contributed by atoms with Gasteiger partial charge in [0.15, 0.2) is 0 Å². The van der Waals surface area contributed by atoms with Gasteiger partial charge < -0.3 is 10.6 Å². The molecule has 1 saturated heterocycles. The highest BCUT2D eigenvalue weighted by Crippen LogP contribution is 2.07. The summed E-state index contributed by atoms with van der Waals surface area (Å²) in [4.78, 5) is 4.95. The van der Waals surface area contributed by atoms with E-state index in [1.807, 2.05) is 0 Å². The van der Waals surface area contributed by atoms with Crippen LogP contribution in [0.2, 0.25) is 0 Å². The highest BCUT2D eigenvalue weighted by Gasteiger charge is 2.17. The van der Waals surface area contributed by atoms with Crippen LogP contribution >= 0.6 is 0 Å². The largest absolute Gasteiger partial charge is 0.329 e. The van der Waals surface area contributed by atoms with Crippen molar-refractivity contribution in [1.82, 2.24) is 9.80 Å². The maximum atomic E-state index is 5.74. The van der Waals surface area contributed by atoms with Crippen LogP contribution in [0.25, 0.3) is 0 Å². The van der Waals surface area contributed by atoms with Gasteiger partial charge in [-0.25, -0.2) is 0 Å². The Morgan fingerprint density at radius 1 is 1.23 bits per heavy atom. The molecule has 0 aliphatic carbocycles. The maximum absolute atomic E-state index is 5.74. The van der Waals surface area contributed by atoms with E-state index in [0.29, 0.717) is 6.04 Å². The second-order valence-corrected chi connectivity index (χ2v) is 3.99. The lowest BCUT2D eigenvalue weighted by molar-refractivity contribution is 0.201. The van der Waals surface area contributed by atoms with Gasteiger partial charge >= 0.3 is 0 Å². The van der Waals surface area contributed by atoms with Gasteiger partial charge in [0.05, 0.1) is 0 Å². The second-order valence-electron chi connectivity index (χ2n) is 3.99. The minimum absolute atomic E-state index is 0.603. The summed E-state index contributed by atoms with van der Waals surface area (Å²) in [6.07, 6.45) is 2.47. The zero-order valence-electron chi connectivity index (χ0n) is 9.00. The molecule has 0 amide bonds. The number of rotatable bonds is 3. The van der Waals surface area contributed by atoms with Crippen molar-refractivity contribution in [2.24, 2.45) is 5.73 Å². The van der Waals surface area contributed by atoms with Crippen molar-refractivity contribution in [3.63, 3.8) is 0 Å². The van der Waals surface area contributed by atoms with E-state index in [0.717, 1.165) is 6.54 Å². The molecule has 78 valence electrons. The summed E-state index contributed by atoms with van der Waals surface area (Å²) in [5.41, 5.74) is 5.74. The first-order chi connectivity index (χ1) is 6.27. The summed E-state index contributed by atoms with van der Waals surface area (Å²) in [7, 11) is 2.20. The average Bonchev–Trinajstić information content (AvgIpc) is 2.34. The molecular weight excluding hydrogens is 162 g/mol. The van der Waals surface area contributed by atoms with Crippen LogP contribution in [-0.4, -0.2) is 55.6 Å². The van der Waals surface area contributed by atoms with E-state index in [-0.39, 0.29) is 0 Å². The Labute approximate surface area is 81.9 Å². The van der Waals surface area contributed by atoms with Gasteiger partial charge in [0.25, 0.3) is 0 Å². The average molecular weight is 185 g/mol. The molecule has 1 aliphatic heterocycles. The second kappa shape index (κ2) is 5.58. The Kier molecular flexibility index (Phi) is 4.70. The van der Waals surface area contributed by atoms with E-state index in [1.54, 1.807) is 0 Å². The predicted molar refractivity (Wildman–Crippen MR) is 56.8 cm³/mol. The van der Waals surface area contributed by atoms with Crippen LogP contribution in [0, 0.1) is 0 Å². The van der Waals surface area contributed by atoms with E-state index in [2.05, 4.69) is 23.8 Å². The van der Waals surface area contributed by atoms with Gasteiger partial charge in [-0.05, 0) is 33.0 Å². The van der Waals surface area contributed by atoms with Crippen molar-refractivity contribution < 1.29 is 0 Å². The van der Waals surface area contributed by atoms with Crippen molar-refractivity contribution >= 4 is 0 Å². The molecule has 1 atom stereocenters. The number of hydrogen-bond donors (Lipinski definition) is 1. The van der Waals surface area contributed by atoms with Crippen molar-refractivity contribution in [3.05, 3.63) is 0 Å². The van der Waals surface area contributed by atoms with E-state index >= 15 is 0 Å². The van der Waals surface area contributed by atoms with E-state index in [4.69, 9.17) is 5.73 Å². The maximum Gasteiger partial charge on any atom is 0.0216 e. The highest BCUT2D eigenvalue weighted by molar-refractivity contribution is 4.75. The summed E-state index contributed by atoms with van der Waals surface area (Å²) in [6.45, 7) is 7.87. The van der Waals surface area contributed by atoms with Crippen molar-refractivity contribution in [3.8, 4) is 0 Å². The Morgan fingerprint density at radius 2 is 2.00 bits per heavy atom. The lowest BCUT2D eigenvalue weighted by Gasteiger charge is -2.28. The van der Waals surface area contributed by atoms with E-state index in [1.165, 1.54) is 39.0 Å². The van der Waals surface area contributed by atoms with Crippen LogP contribution in [0.15, 0.2) is 0 Å². The Bertz CT molecular complexity index is 134. The lowest BCUT2D eigenvalue weighted by atomic mass is 10.2. The number of nitrogens with two attached hydrogens (primary N) is 1. The fraction of sp³-hybridized carbons (Fsp3) is 1.00. The quantitative estimate of drug-likeness (QED) is 0.689. The first-order valence-corrected chi connectivity index (χ1v) is 5.40. The molecule has 3 heteroatoms. The lowest BCUT2D eigenvalue weighted by Crippen LogP contribution is -2.42. The molecule has 0 aromatic rings. The molecule has 1 aliphatic rings. The van der Waals surface area contributed by atoms with Crippen LogP contribution in [0.5, 0.6) is 0 Å². The molecule has 0 bridgehead atoms. The molecule has 0 aromatic heterocycles. The SMILES string of the molecule is CCC(CN)N1CCCN(C)CC1. The van der Waals surface area contributed by atoms with Gasteiger partial charge in [0.1, 0.15) is 0 Å². The molecule has 3 nitrogen and oxygen atoms in total. The van der Waals surface area contributed by atoms with Crippen molar-refractivity contribution in [1.29, 1.82) is 0 Å². The molecule has 13 heavy (non-hydrogen) atoms. The normalized spacial score (nSPS) is 24.2. The third-order valence-electron chi connectivity index (χ3n) is 3.01. The molecule has 1 fully saturated rings. The number of hydrogen-bond acceptors (Lipinski definition) is 3. The van der Waals surface area contributed by atoms with Gasteiger partial charge in [0, 0.05) is 25.7 Å². The summed E-state index contributed by atoms with van der Waals surface area (Å²) in [5.74, 6) is 0. The number of nitrogens with zero attached hydrogens (tertiary/aromatic N) is 2. The van der Waals surface area contributed by atoms with E-state index < -0.39 is 0 Å². The highest BCUT2D eigenvalue weighted by atomic mass is 15.2. The Balaban J connectivity index is 2.40. The summed E-state index contributed by atoms with van der Waals surface area (Å²) < 4.78 is 0. The standard InChI is InChI=1S/C10H23N3/c1-3-10(9-11)13-6-4-5-12(2)7-8-13/h10H,3-9,11H2,1-2H3. The Hall–Kier alpha value is -0.120. The van der Waals surface area contributed by atoms with Gasteiger partial charge in [-0.1, -0.05) is 6.92 Å². The Morgan fingerprint density at radius 3 is 2.62 bits per heavy atom. The fourth-order valence-corrected chi connectivity index (χ4v) is 2.01. The smallest absolute Gasteiger partial charge is 0.0216 e. The van der Waals surface area contributed by atoms with Crippen LogP contribution < -0.4 is 5.73 Å². The predicted octanol–water partition coefficient (Wildman–Crippen LogP) is 0.361. The van der Waals surface area contributed by atoms with Gasteiger partial charge in [0.2, 0.25) is 0 Å². The molecule has 0 spiro atoms. The monoisotopic (exact) mass is 185 g/mol. The molecule has 0 aromatic carbocycles. The van der Waals surface area contributed by atoms with Gasteiger partial charge in [-0.2, -0.15) is 0 Å².